The van der Waals surface area contributed by atoms with Gasteiger partial charge >= 0.3 is 0 Å². The maximum Gasteiger partial charge on any atom is 0.0212 e. The first kappa shape index (κ1) is 9.47. The van der Waals surface area contributed by atoms with Crippen LogP contribution in [0.4, 0.5) is 0 Å². The van der Waals surface area contributed by atoms with Crippen molar-refractivity contribution in [3.63, 3.8) is 0 Å². The second-order valence-electron chi connectivity index (χ2n) is 5.83. The van der Waals surface area contributed by atoms with Gasteiger partial charge in [-0.3, -0.25) is 4.90 Å². The zero-order chi connectivity index (χ0) is 9.69. The van der Waals surface area contributed by atoms with Gasteiger partial charge in [0.15, 0.2) is 0 Å². The molecule has 0 aromatic heterocycles. The van der Waals surface area contributed by atoms with Crippen LogP contribution < -0.4 is 0 Å². The highest BCUT2D eigenvalue weighted by Crippen LogP contribution is 2.42. The molecule has 2 heteroatoms. The van der Waals surface area contributed by atoms with E-state index in [4.69, 9.17) is 0 Å². The highest BCUT2D eigenvalue weighted by Gasteiger charge is 2.53. The summed E-state index contributed by atoms with van der Waals surface area (Å²) >= 11 is 0. The van der Waals surface area contributed by atoms with E-state index in [0.717, 1.165) is 0 Å². The first-order valence-electron chi connectivity index (χ1n) is 5.43. The van der Waals surface area contributed by atoms with Crippen molar-refractivity contribution in [3.8, 4) is 0 Å². The Kier molecular flexibility index (Phi) is 1.97. The molecule has 76 valence electrons. The molecule has 0 bridgehead atoms. The molecular formula is C11H22N2. The summed E-state index contributed by atoms with van der Waals surface area (Å²) in [6.45, 7) is 15.8. The summed E-state index contributed by atoms with van der Waals surface area (Å²) in [5, 5.41) is 0. The second-order valence-corrected chi connectivity index (χ2v) is 5.83. The lowest BCUT2D eigenvalue weighted by molar-refractivity contribution is -0.142. The zero-order valence-electron chi connectivity index (χ0n) is 9.43. The van der Waals surface area contributed by atoms with Gasteiger partial charge in [-0.1, -0.05) is 6.92 Å². The number of hydrogen-bond acceptors (Lipinski definition) is 2. The summed E-state index contributed by atoms with van der Waals surface area (Å²) in [7, 11) is 0. The molecule has 13 heavy (non-hydrogen) atoms. The van der Waals surface area contributed by atoms with Crippen LogP contribution in [-0.2, 0) is 0 Å². The molecule has 0 atom stereocenters. The predicted octanol–water partition coefficient (Wildman–Crippen LogP) is 1.42. The van der Waals surface area contributed by atoms with Crippen LogP contribution >= 0.6 is 0 Å². The minimum atomic E-state index is 0.387. The third-order valence-electron chi connectivity index (χ3n) is 3.57. The number of likely N-dealkylation sites (tertiary alicyclic amines) is 2. The minimum absolute atomic E-state index is 0.387. The third-order valence-corrected chi connectivity index (χ3v) is 3.57. The van der Waals surface area contributed by atoms with E-state index in [9.17, 15) is 0 Å². The van der Waals surface area contributed by atoms with Crippen molar-refractivity contribution in [1.82, 2.24) is 9.80 Å². The Bertz CT molecular complexity index is 191. The van der Waals surface area contributed by atoms with Gasteiger partial charge in [-0.25, -0.2) is 0 Å². The fourth-order valence-electron chi connectivity index (χ4n) is 2.56. The Labute approximate surface area is 81.9 Å². The van der Waals surface area contributed by atoms with Crippen molar-refractivity contribution in [3.05, 3.63) is 0 Å². The van der Waals surface area contributed by atoms with Gasteiger partial charge in [-0.2, -0.15) is 0 Å². The number of hydrogen-bond donors (Lipinski definition) is 0. The lowest BCUT2D eigenvalue weighted by Gasteiger charge is -2.63. The van der Waals surface area contributed by atoms with Crippen molar-refractivity contribution >= 4 is 0 Å². The molecule has 0 aliphatic carbocycles. The van der Waals surface area contributed by atoms with Gasteiger partial charge in [0.2, 0.25) is 0 Å². The minimum Gasteiger partial charge on any atom is -0.302 e. The Balaban J connectivity index is 1.80. The first-order chi connectivity index (χ1) is 5.95. The lowest BCUT2D eigenvalue weighted by atomic mass is 9.71. The van der Waals surface area contributed by atoms with E-state index in [1.54, 1.807) is 0 Å². The summed E-state index contributed by atoms with van der Waals surface area (Å²) < 4.78 is 0. The highest BCUT2D eigenvalue weighted by atomic mass is 15.3. The van der Waals surface area contributed by atoms with Crippen molar-refractivity contribution < 1.29 is 0 Å². The predicted molar refractivity (Wildman–Crippen MR) is 55.9 cm³/mol. The molecule has 2 aliphatic heterocycles. The molecule has 2 fully saturated rings. The number of rotatable bonds is 1. The Morgan fingerprint density at radius 3 is 2.00 bits per heavy atom. The van der Waals surface area contributed by atoms with E-state index in [-0.39, 0.29) is 0 Å². The molecule has 2 heterocycles. The molecule has 2 saturated heterocycles. The fourth-order valence-corrected chi connectivity index (χ4v) is 2.56. The van der Waals surface area contributed by atoms with E-state index in [1.165, 1.54) is 32.7 Å². The smallest absolute Gasteiger partial charge is 0.0212 e. The summed E-state index contributed by atoms with van der Waals surface area (Å²) in [6.07, 6.45) is 0. The summed E-state index contributed by atoms with van der Waals surface area (Å²) in [5.74, 6) is 0. The van der Waals surface area contributed by atoms with Crippen LogP contribution in [0.15, 0.2) is 0 Å². The quantitative estimate of drug-likeness (QED) is 0.605. The third kappa shape index (κ3) is 1.50. The molecule has 2 nitrogen and oxygen atoms in total. The van der Waals surface area contributed by atoms with Crippen LogP contribution in [0.2, 0.25) is 0 Å². The average molecular weight is 182 g/mol. The van der Waals surface area contributed by atoms with E-state index < -0.39 is 0 Å². The Hall–Kier alpha value is -0.0800. The molecule has 0 unspecified atom stereocenters. The van der Waals surface area contributed by atoms with Crippen LogP contribution in [-0.4, -0.2) is 48.1 Å². The molecule has 0 N–H and O–H groups in total. The van der Waals surface area contributed by atoms with E-state index in [1.807, 2.05) is 0 Å². The normalized spacial score (nSPS) is 28.6. The van der Waals surface area contributed by atoms with Crippen molar-refractivity contribution in [2.75, 3.05) is 32.7 Å². The van der Waals surface area contributed by atoms with E-state index >= 15 is 0 Å². The molecule has 0 saturated carbocycles. The monoisotopic (exact) mass is 182 g/mol. The fraction of sp³-hybridized carbons (Fsp3) is 1.00. The second kappa shape index (κ2) is 2.71. The maximum absolute atomic E-state index is 2.60. The van der Waals surface area contributed by atoms with Crippen molar-refractivity contribution in [1.29, 1.82) is 0 Å². The molecule has 2 rings (SSSR count). The standard InChI is InChI=1S/C11H22N2/c1-5-12-6-11(7-12)8-13(9-11)10(2,3)4/h5-9H2,1-4H3. The molecule has 0 aromatic rings. The van der Waals surface area contributed by atoms with Gasteiger partial charge in [-0.05, 0) is 27.3 Å². The Morgan fingerprint density at radius 2 is 1.62 bits per heavy atom. The largest absolute Gasteiger partial charge is 0.302 e. The summed E-state index contributed by atoms with van der Waals surface area (Å²) in [6, 6.07) is 0. The molecular weight excluding hydrogens is 160 g/mol. The molecule has 0 aromatic carbocycles. The topological polar surface area (TPSA) is 6.48 Å². The summed E-state index contributed by atoms with van der Waals surface area (Å²) in [4.78, 5) is 5.14. The highest BCUT2D eigenvalue weighted by molar-refractivity contribution is 5.07. The van der Waals surface area contributed by atoms with E-state index in [0.29, 0.717) is 11.0 Å². The van der Waals surface area contributed by atoms with Gasteiger partial charge in [0.05, 0.1) is 0 Å². The maximum atomic E-state index is 2.60. The summed E-state index contributed by atoms with van der Waals surface area (Å²) in [5.41, 5.74) is 1.08. The van der Waals surface area contributed by atoms with Crippen LogP contribution in [0.3, 0.4) is 0 Å². The molecule has 0 radical (unpaired) electrons. The lowest BCUT2D eigenvalue weighted by Crippen LogP contribution is -2.74. The van der Waals surface area contributed by atoms with Gasteiger partial charge < -0.3 is 4.90 Å². The van der Waals surface area contributed by atoms with Gasteiger partial charge in [0.1, 0.15) is 0 Å². The van der Waals surface area contributed by atoms with Crippen LogP contribution in [0.5, 0.6) is 0 Å². The van der Waals surface area contributed by atoms with Gasteiger partial charge in [0.25, 0.3) is 0 Å². The van der Waals surface area contributed by atoms with Crippen molar-refractivity contribution in [2.45, 2.75) is 33.2 Å². The average Bonchev–Trinajstić information content (AvgIpc) is 1.78. The molecule has 0 amide bonds. The number of nitrogens with zero attached hydrogens (tertiary/aromatic N) is 2. The van der Waals surface area contributed by atoms with Crippen LogP contribution in [0, 0.1) is 5.41 Å². The van der Waals surface area contributed by atoms with Crippen LogP contribution in [0.25, 0.3) is 0 Å². The Morgan fingerprint density at radius 1 is 1.08 bits per heavy atom. The van der Waals surface area contributed by atoms with Crippen molar-refractivity contribution in [2.24, 2.45) is 5.41 Å². The zero-order valence-corrected chi connectivity index (χ0v) is 9.43. The van der Waals surface area contributed by atoms with Gasteiger partial charge in [0, 0.05) is 37.1 Å². The molecule has 2 aliphatic rings. The first-order valence-corrected chi connectivity index (χ1v) is 5.43. The molecule has 1 spiro atoms. The van der Waals surface area contributed by atoms with Crippen LogP contribution in [0.1, 0.15) is 27.7 Å². The van der Waals surface area contributed by atoms with Gasteiger partial charge in [-0.15, -0.1) is 0 Å². The van der Waals surface area contributed by atoms with E-state index in [2.05, 4.69) is 37.5 Å². The SMILES string of the molecule is CCN1CC2(C1)CN(C(C)(C)C)C2.